The zero-order chi connectivity index (χ0) is 12.8. The molecule has 2 rings (SSSR count). The summed E-state index contributed by atoms with van der Waals surface area (Å²) in [6.45, 7) is 4.00. The molecule has 4 heteroatoms. The largest absolute Gasteiger partial charge is 0.313 e. The third-order valence-electron chi connectivity index (χ3n) is 2.56. The molecule has 2 aromatic rings. The molecule has 1 N–H and O–H groups in total. The maximum atomic E-state index is 4.39. The highest BCUT2D eigenvalue weighted by atomic mass is 79.9. The van der Waals surface area contributed by atoms with Gasteiger partial charge in [-0.1, -0.05) is 35.0 Å². The van der Waals surface area contributed by atoms with Crippen molar-refractivity contribution in [3.05, 3.63) is 46.7 Å². The van der Waals surface area contributed by atoms with E-state index in [4.69, 9.17) is 0 Å². The molecular weight excluding hydrogens is 290 g/mol. The van der Waals surface area contributed by atoms with E-state index < -0.39 is 0 Å². The van der Waals surface area contributed by atoms with Crippen LogP contribution in [0.2, 0.25) is 0 Å². The quantitative estimate of drug-likeness (QED) is 0.860. The van der Waals surface area contributed by atoms with E-state index in [1.807, 2.05) is 36.7 Å². The number of nitrogens with zero attached hydrogens (tertiary/aromatic N) is 2. The molecule has 94 valence electrons. The Morgan fingerprint density at radius 2 is 1.78 bits per heavy atom. The maximum Gasteiger partial charge on any atom is 0.159 e. The third kappa shape index (κ3) is 3.62. The minimum atomic E-state index is 0.766. The third-order valence-corrected chi connectivity index (χ3v) is 3.09. The Morgan fingerprint density at radius 3 is 2.39 bits per heavy atom. The Morgan fingerprint density at radius 1 is 1.11 bits per heavy atom. The molecular formula is C14H16BrN3. The summed E-state index contributed by atoms with van der Waals surface area (Å²) in [4.78, 5) is 8.78. The molecule has 0 fully saturated rings. The van der Waals surface area contributed by atoms with Crippen LogP contribution in [-0.2, 0) is 6.54 Å². The van der Waals surface area contributed by atoms with E-state index >= 15 is 0 Å². The molecule has 0 bridgehead atoms. The standard InChI is InChI=1S/C14H16BrN3/c1-2-7-16-8-11-9-17-14(18-10-11)12-3-5-13(15)6-4-12/h3-6,9-10,16H,2,7-8H2,1H3. The van der Waals surface area contributed by atoms with E-state index in [9.17, 15) is 0 Å². The number of hydrogen-bond donors (Lipinski definition) is 1. The Hall–Kier alpha value is -1.26. The van der Waals surface area contributed by atoms with Gasteiger partial charge in [0.15, 0.2) is 5.82 Å². The molecule has 1 aromatic heterocycles. The molecule has 1 heterocycles. The predicted octanol–water partition coefficient (Wildman–Crippen LogP) is 3.41. The minimum Gasteiger partial charge on any atom is -0.313 e. The Balaban J connectivity index is 2.05. The second-order valence-electron chi connectivity index (χ2n) is 4.10. The van der Waals surface area contributed by atoms with Gasteiger partial charge in [0, 0.05) is 34.5 Å². The summed E-state index contributed by atoms with van der Waals surface area (Å²) < 4.78 is 1.06. The number of halogens is 1. The lowest BCUT2D eigenvalue weighted by Crippen LogP contribution is -2.14. The van der Waals surface area contributed by atoms with E-state index in [0.29, 0.717) is 0 Å². The molecule has 0 saturated heterocycles. The smallest absolute Gasteiger partial charge is 0.159 e. The van der Waals surface area contributed by atoms with E-state index in [1.165, 1.54) is 0 Å². The molecule has 0 amide bonds. The monoisotopic (exact) mass is 305 g/mol. The fraction of sp³-hybridized carbons (Fsp3) is 0.286. The summed E-state index contributed by atoms with van der Waals surface area (Å²) in [7, 11) is 0. The van der Waals surface area contributed by atoms with Crippen molar-refractivity contribution in [1.29, 1.82) is 0 Å². The van der Waals surface area contributed by atoms with Gasteiger partial charge >= 0.3 is 0 Å². The van der Waals surface area contributed by atoms with Crippen LogP contribution < -0.4 is 5.32 Å². The predicted molar refractivity (Wildman–Crippen MR) is 77.2 cm³/mol. The normalized spacial score (nSPS) is 10.6. The van der Waals surface area contributed by atoms with E-state index in [0.717, 1.165) is 40.9 Å². The summed E-state index contributed by atoms with van der Waals surface area (Å²) in [5.41, 5.74) is 2.15. The summed E-state index contributed by atoms with van der Waals surface area (Å²) in [6.07, 6.45) is 4.90. The molecule has 0 aliphatic heterocycles. The van der Waals surface area contributed by atoms with Gasteiger partial charge in [-0.05, 0) is 25.1 Å². The molecule has 0 aliphatic rings. The summed E-state index contributed by atoms with van der Waals surface area (Å²) in [5.74, 6) is 0.766. The molecule has 0 saturated carbocycles. The van der Waals surface area contributed by atoms with Crippen molar-refractivity contribution in [3.8, 4) is 11.4 Å². The fourth-order valence-corrected chi connectivity index (χ4v) is 1.87. The van der Waals surface area contributed by atoms with Crippen LogP contribution in [0.5, 0.6) is 0 Å². The highest BCUT2D eigenvalue weighted by molar-refractivity contribution is 9.10. The Labute approximate surface area is 116 Å². The lowest BCUT2D eigenvalue weighted by molar-refractivity contribution is 0.672. The lowest BCUT2D eigenvalue weighted by Gasteiger charge is -2.04. The zero-order valence-electron chi connectivity index (χ0n) is 10.4. The Bertz CT molecular complexity index is 479. The summed E-state index contributed by atoms with van der Waals surface area (Å²) in [6, 6.07) is 8.01. The first-order valence-corrected chi connectivity index (χ1v) is 6.86. The molecule has 0 unspecified atom stereocenters. The van der Waals surface area contributed by atoms with E-state index in [2.05, 4.69) is 38.1 Å². The van der Waals surface area contributed by atoms with Crippen LogP contribution in [0.25, 0.3) is 11.4 Å². The van der Waals surface area contributed by atoms with E-state index in [-0.39, 0.29) is 0 Å². The van der Waals surface area contributed by atoms with Crippen LogP contribution in [0.15, 0.2) is 41.1 Å². The second-order valence-corrected chi connectivity index (χ2v) is 5.01. The van der Waals surface area contributed by atoms with Crippen LogP contribution in [0.4, 0.5) is 0 Å². The number of benzene rings is 1. The van der Waals surface area contributed by atoms with Gasteiger partial charge < -0.3 is 5.32 Å². The van der Waals surface area contributed by atoms with Crippen molar-refractivity contribution in [2.75, 3.05) is 6.54 Å². The number of aromatic nitrogens is 2. The molecule has 0 aliphatic carbocycles. The van der Waals surface area contributed by atoms with Crippen LogP contribution in [-0.4, -0.2) is 16.5 Å². The Kier molecular flexibility index (Phi) is 4.84. The average Bonchev–Trinajstić information content (AvgIpc) is 2.41. The van der Waals surface area contributed by atoms with Gasteiger partial charge in [-0.2, -0.15) is 0 Å². The van der Waals surface area contributed by atoms with Crippen LogP contribution in [0, 0.1) is 0 Å². The molecule has 1 aromatic carbocycles. The first kappa shape index (κ1) is 13.2. The van der Waals surface area contributed by atoms with Crippen molar-refractivity contribution < 1.29 is 0 Å². The number of rotatable bonds is 5. The van der Waals surface area contributed by atoms with Crippen molar-refractivity contribution in [3.63, 3.8) is 0 Å². The van der Waals surface area contributed by atoms with Gasteiger partial charge in [0.25, 0.3) is 0 Å². The zero-order valence-corrected chi connectivity index (χ0v) is 11.9. The molecule has 18 heavy (non-hydrogen) atoms. The first-order chi connectivity index (χ1) is 8.79. The van der Waals surface area contributed by atoms with Crippen molar-refractivity contribution in [2.24, 2.45) is 0 Å². The van der Waals surface area contributed by atoms with Gasteiger partial charge in [0.1, 0.15) is 0 Å². The SMILES string of the molecule is CCCNCc1cnc(-c2ccc(Br)cc2)nc1. The molecule has 3 nitrogen and oxygen atoms in total. The molecule has 0 atom stereocenters. The number of nitrogens with one attached hydrogen (secondary N) is 1. The molecule has 0 radical (unpaired) electrons. The highest BCUT2D eigenvalue weighted by Gasteiger charge is 2.01. The lowest BCUT2D eigenvalue weighted by atomic mass is 10.2. The van der Waals surface area contributed by atoms with Gasteiger partial charge in [-0.15, -0.1) is 0 Å². The van der Waals surface area contributed by atoms with Crippen LogP contribution in [0.3, 0.4) is 0 Å². The number of hydrogen-bond acceptors (Lipinski definition) is 3. The molecule has 0 spiro atoms. The van der Waals surface area contributed by atoms with Crippen molar-refractivity contribution in [2.45, 2.75) is 19.9 Å². The summed E-state index contributed by atoms with van der Waals surface area (Å²) >= 11 is 3.42. The van der Waals surface area contributed by atoms with Gasteiger partial charge in [-0.25, -0.2) is 9.97 Å². The average molecular weight is 306 g/mol. The van der Waals surface area contributed by atoms with Gasteiger partial charge in [-0.3, -0.25) is 0 Å². The topological polar surface area (TPSA) is 37.8 Å². The highest BCUT2D eigenvalue weighted by Crippen LogP contribution is 2.17. The van der Waals surface area contributed by atoms with E-state index in [1.54, 1.807) is 0 Å². The second kappa shape index (κ2) is 6.61. The minimum absolute atomic E-state index is 0.766. The van der Waals surface area contributed by atoms with Crippen LogP contribution >= 0.6 is 15.9 Å². The van der Waals surface area contributed by atoms with Crippen molar-refractivity contribution >= 4 is 15.9 Å². The fourth-order valence-electron chi connectivity index (χ4n) is 1.60. The van der Waals surface area contributed by atoms with Gasteiger partial charge in [0.05, 0.1) is 0 Å². The maximum absolute atomic E-state index is 4.39. The van der Waals surface area contributed by atoms with Crippen molar-refractivity contribution in [1.82, 2.24) is 15.3 Å². The summed E-state index contributed by atoms with van der Waals surface area (Å²) in [5, 5.41) is 3.33. The first-order valence-electron chi connectivity index (χ1n) is 6.07. The van der Waals surface area contributed by atoms with Gasteiger partial charge in [0.2, 0.25) is 0 Å². The van der Waals surface area contributed by atoms with Crippen LogP contribution in [0.1, 0.15) is 18.9 Å².